The molecule has 2 N–H and O–H groups in total. The minimum absolute atomic E-state index is 0.106. The van der Waals surface area contributed by atoms with Crippen LogP contribution in [-0.2, 0) is 4.79 Å². The zero-order valence-electron chi connectivity index (χ0n) is 18.8. The number of amides is 2. The first-order valence-electron chi connectivity index (χ1n) is 11.4. The minimum Gasteiger partial charge on any atom is -0.351 e. The van der Waals surface area contributed by atoms with E-state index in [1.165, 1.54) is 49.4 Å². The van der Waals surface area contributed by atoms with Crippen LogP contribution in [0, 0.1) is 6.92 Å². The minimum atomic E-state index is -0.144. The van der Waals surface area contributed by atoms with E-state index in [1.807, 2.05) is 49.4 Å². The highest BCUT2D eigenvalue weighted by molar-refractivity contribution is 8.04. The molecule has 1 aliphatic heterocycles. The molecule has 2 aromatic carbocycles. The van der Waals surface area contributed by atoms with E-state index in [9.17, 15) is 9.59 Å². The van der Waals surface area contributed by atoms with E-state index in [1.54, 1.807) is 6.07 Å². The Labute approximate surface area is 194 Å². The van der Waals surface area contributed by atoms with Crippen LogP contribution < -0.4 is 10.6 Å². The number of aryl methyl sites for hydroxylation is 1. The number of hydrogen-bond acceptors (Lipinski definition) is 4. The van der Waals surface area contributed by atoms with Gasteiger partial charge in [-0.1, -0.05) is 60.9 Å². The number of anilines is 1. The third-order valence-electron chi connectivity index (χ3n) is 6.26. The second-order valence-electron chi connectivity index (χ2n) is 8.71. The summed E-state index contributed by atoms with van der Waals surface area (Å²) in [6.45, 7) is 3.51. The molecule has 0 bridgehead atoms. The number of nitrogens with one attached hydrogen (secondary N) is 2. The van der Waals surface area contributed by atoms with Gasteiger partial charge in [0.25, 0.3) is 11.8 Å². The first-order chi connectivity index (χ1) is 15.5. The fourth-order valence-electron chi connectivity index (χ4n) is 4.27. The highest BCUT2D eigenvalue weighted by Crippen LogP contribution is 2.39. The molecule has 4 rings (SSSR count). The molecule has 2 aliphatic rings. The van der Waals surface area contributed by atoms with Gasteiger partial charge in [-0.05, 0) is 56.7 Å². The molecule has 0 spiro atoms. The van der Waals surface area contributed by atoms with Crippen molar-refractivity contribution in [3.05, 3.63) is 64.1 Å². The summed E-state index contributed by atoms with van der Waals surface area (Å²) in [6, 6.07) is 14.2. The number of hydrogen-bond donors (Lipinski definition) is 2. The van der Waals surface area contributed by atoms with Crippen molar-refractivity contribution in [3.8, 4) is 0 Å². The normalized spacial score (nSPS) is 17.8. The van der Waals surface area contributed by atoms with E-state index >= 15 is 0 Å². The van der Waals surface area contributed by atoms with Crippen LogP contribution in [0.25, 0.3) is 6.08 Å². The number of nitrogens with zero attached hydrogens (tertiary/aromatic N) is 1. The first kappa shape index (κ1) is 22.6. The lowest BCUT2D eigenvalue weighted by Gasteiger charge is -2.31. The fraction of sp³-hybridized carbons (Fsp3) is 0.385. The van der Waals surface area contributed by atoms with Crippen LogP contribution in [-0.4, -0.2) is 42.9 Å². The lowest BCUT2D eigenvalue weighted by molar-refractivity contribution is -0.112. The monoisotopic (exact) mass is 449 g/mol. The van der Waals surface area contributed by atoms with Gasteiger partial charge in [0.1, 0.15) is 0 Å². The maximum atomic E-state index is 12.6. The number of carbonyl (C=O) groups excluding carboxylic acids is 2. The summed E-state index contributed by atoms with van der Waals surface area (Å²) in [7, 11) is 2.15. The Morgan fingerprint density at radius 1 is 1.16 bits per heavy atom. The molecule has 1 heterocycles. The molecule has 0 aromatic heterocycles. The summed E-state index contributed by atoms with van der Waals surface area (Å²) < 4.78 is 0. The summed E-state index contributed by atoms with van der Waals surface area (Å²) in [5.74, 6) is -0.250. The second-order valence-corrected chi connectivity index (χ2v) is 9.80. The standard InChI is InChI=1S/C26H31N3O2S/c1-18-8-10-19(11-9-18)16-24-26(31)28-22-17-20(12-13-23(22)32-24)25(30)27-14-15-29(2)21-6-4-3-5-7-21/h8-13,16-17,21H,3-7,14-15H2,1-2H3,(H,27,30)(H,28,31)/b24-16+. The number of benzene rings is 2. The van der Waals surface area contributed by atoms with Crippen molar-refractivity contribution >= 4 is 35.3 Å². The van der Waals surface area contributed by atoms with Gasteiger partial charge in [0.15, 0.2) is 0 Å². The molecule has 0 atom stereocenters. The van der Waals surface area contributed by atoms with Crippen molar-refractivity contribution in [3.63, 3.8) is 0 Å². The molecule has 1 aliphatic carbocycles. The molecule has 32 heavy (non-hydrogen) atoms. The van der Waals surface area contributed by atoms with Gasteiger partial charge >= 0.3 is 0 Å². The molecule has 1 fully saturated rings. The molecule has 6 heteroatoms. The number of fused-ring (bicyclic) bond motifs is 1. The molecule has 2 aromatic rings. The van der Waals surface area contributed by atoms with E-state index in [-0.39, 0.29) is 11.8 Å². The Bertz CT molecular complexity index is 1010. The maximum Gasteiger partial charge on any atom is 0.262 e. The smallest absolute Gasteiger partial charge is 0.262 e. The molecule has 2 amide bonds. The van der Waals surface area contributed by atoms with E-state index in [0.717, 1.165) is 17.0 Å². The van der Waals surface area contributed by atoms with Crippen LogP contribution >= 0.6 is 11.8 Å². The van der Waals surface area contributed by atoms with Crippen LogP contribution in [0.4, 0.5) is 5.69 Å². The van der Waals surface area contributed by atoms with Gasteiger partial charge in [0.05, 0.1) is 10.6 Å². The van der Waals surface area contributed by atoms with E-state index < -0.39 is 0 Å². The van der Waals surface area contributed by atoms with Crippen LogP contribution in [0.3, 0.4) is 0 Å². The fourth-order valence-corrected chi connectivity index (χ4v) is 5.20. The number of thioether (sulfide) groups is 1. The van der Waals surface area contributed by atoms with Gasteiger partial charge in [-0.2, -0.15) is 0 Å². The van der Waals surface area contributed by atoms with Crippen molar-refractivity contribution < 1.29 is 9.59 Å². The Morgan fingerprint density at radius 3 is 2.66 bits per heavy atom. The molecule has 168 valence electrons. The van der Waals surface area contributed by atoms with E-state index in [0.29, 0.717) is 28.7 Å². The molecule has 1 saturated carbocycles. The zero-order chi connectivity index (χ0) is 22.5. The van der Waals surface area contributed by atoms with Gasteiger partial charge in [-0.3, -0.25) is 9.59 Å². The lowest BCUT2D eigenvalue weighted by Crippen LogP contribution is -2.39. The maximum absolute atomic E-state index is 12.6. The lowest BCUT2D eigenvalue weighted by atomic mass is 9.94. The van der Waals surface area contributed by atoms with E-state index in [4.69, 9.17) is 0 Å². The number of carbonyl (C=O) groups is 2. The highest BCUT2D eigenvalue weighted by atomic mass is 32.2. The summed E-state index contributed by atoms with van der Waals surface area (Å²) in [6.07, 6.45) is 8.37. The SMILES string of the molecule is Cc1ccc(/C=C2/Sc3ccc(C(=O)NCCN(C)C4CCCCC4)cc3NC2=O)cc1. The summed E-state index contributed by atoms with van der Waals surface area (Å²) in [5, 5.41) is 5.96. The number of likely N-dealkylation sites (N-methyl/N-ethyl adjacent to an activating group) is 1. The van der Waals surface area contributed by atoms with Gasteiger partial charge < -0.3 is 15.5 Å². The molecular weight excluding hydrogens is 418 g/mol. The third-order valence-corrected chi connectivity index (χ3v) is 7.36. The van der Waals surface area contributed by atoms with Gasteiger partial charge in [0, 0.05) is 29.6 Å². The van der Waals surface area contributed by atoms with Crippen LogP contribution in [0.1, 0.15) is 53.6 Å². The average molecular weight is 450 g/mol. The zero-order valence-corrected chi connectivity index (χ0v) is 19.6. The molecule has 5 nitrogen and oxygen atoms in total. The Morgan fingerprint density at radius 2 is 1.91 bits per heavy atom. The van der Waals surface area contributed by atoms with Crippen molar-refractivity contribution in [1.82, 2.24) is 10.2 Å². The average Bonchev–Trinajstić information content (AvgIpc) is 2.81. The summed E-state index contributed by atoms with van der Waals surface area (Å²) >= 11 is 1.43. The van der Waals surface area contributed by atoms with Crippen LogP contribution in [0.5, 0.6) is 0 Å². The Kier molecular flexibility index (Phi) is 7.33. The van der Waals surface area contributed by atoms with Crippen molar-refractivity contribution in [2.45, 2.75) is 50.0 Å². The van der Waals surface area contributed by atoms with Crippen LogP contribution in [0.15, 0.2) is 52.3 Å². The molecule has 0 radical (unpaired) electrons. The van der Waals surface area contributed by atoms with Gasteiger partial charge in [0.2, 0.25) is 0 Å². The van der Waals surface area contributed by atoms with Gasteiger partial charge in [-0.15, -0.1) is 0 Å². The summed E-state index contributed by atoms with van der Waals surface area (Å²) in [5.41, 5.74) is 3.43. The predicted molar refractivity (Wildman–Crippen MR) is 132 cm³/mol. The Hall–Kier alpha value is -2.57. The van der Waals surface area contributed by atoms with E-state index in [2.05, 4.69) is 22.6 Å². The van der Waals surface area contributed by atoms with Crippen LogP contribution in [0.2, 0.25) is 0 Å². The third kappa shape index (κ3) is 5.61. The quantitative estimate of drug-likeness (QED) is 0.604. The molecule has 0 unspecified atom stereocenters. The largest absolute Gasteiger partial charge is 0.351 e. The topological polar surface area (TPSA) is 61.4 Å². The van der Waals surface area contributed by atoms with Crippen molar-refractivity contribution in [2.75, 3.05) is 25.5 Å². The second kappa shape index (κ2) is 10.4. The number of rotatable bonds is 6. The Balaban J connectivity index is 1.35. The van der Waals surface area contributed by atoms with Crippen molar-refractivity contribution in [1.29, 1.82) is 0 Å². The highest BCUT2D eigenvalue weighted by Gasteiger charge is 2.22. The molecular formula is C26H31N3O2S. The molecule has 0 saturated heterocycles. The first-order valence-corrected chi connectivity index (χ1v) is 12.2. The van der Waals surface area contributed by atoms with Crippen molar-refractivity contribution in [2.24, 2.45) is 0 Å². The predicted octanol–water partition coefficient (Wildman–Crippen LogP) is 5.07. The van der Waals surface area contributed by atoms with Gasteiger partial charge in [-0.25, -0.2) is 0 Å². The summed E-state index contributed by atoms with van der Waals surface area (Å²) in [4.78, 5) is 29.2.